The summed E-state index contributed by atoms with van der Waals surface area (Å²) in [6.45, 7) is 9.17. The van der Waals surface area contributed by atoms with Gasteiger partial charge in [-0.2, -0.15) is 26.3 Å². The number of benzene rings is 2. The van der Waals surface area contributed by atoms with Gasteiger partial charge in [0.25, 0.3) is 5.60 Å². The van der Waals surface area contributed by atoms with Crippen LogP contribution in [0.2, 0.25) is 0 Å². The van der Waals surface area contributed by atoms with Crippen LogP contribution >= 0.6 is 0 Å². The van der Waals surface area contributed by atoms with Gasteiger partial charge < -0.3 is 10.4 Å². The third-order valence-electron chi connectivity index (χ3n) is 7.83. The number of aromatic nitrogens is 1. The standard InChI is InChI=1S/C32H36F6N4O2/c1-21(2)40-29(43)17-27-20-41(14-15-42(27)19-23-10-12-39-13-11-23)18-24-4-9-28(22(3)16-24)25-5-7-26(8-6-25)30(44,31(33,34)35)32(36,37)38/h4-13,16,21,27,44H,14-15,17-20H2,1-3H3,(H,40,43)/t27-/m1/s1. The minimum absolute atomic E-state index is 0.0123. The molecule has 1 fully saturated rings. The van der Waals surface area contributed by atoms with Gasteiger partial charge in [0.05, 0.1) is 0 Å². The molecule has 4 rings (SSSR count). The number of nitrogens with zero attached hydrogens (tertiary/aromatic N) is 3. The van der Waals surface area contributed by atoms with Crippen LogP contribution < -0.4 is 5.32 Å². The van der Waals surface area contributed by atoms with E-state index in [4.69, 9.17) is 0 Å². The number of aryl methyl sites for hydroxylation is 1. The molecule has 44 heavy (non-hydrogen) atoms. The molecule has 238 valence electrons. The first kappa shape index (κ1) is 33.4. The van der Waals surface area contributed by atoms with Crippen LogP contribution in [0.3, 0.4) is 0 Å². The van der Waals surface area contributed by atoms with Crippen LogP contribution in [0.1, 0.15) is 42.5 Å². The molecule has 0 saturated carbocycles. The first-order chi connectivity index (χ1) is 20.6. The number of pyridine rings is 1. The maximum absolute atomic E-state index is 13.3. The fourth-order valence-corrected chi connectivity index (χ4v) is 5.61. The number of aliphatic hydroxyl groups is 1. The first-order valence-corrected chi connectivity index (χ1v) is 14.3. The summed E-state index contributed by atoms with van der Waals surface area (Å²) in [5.74, 6) is -0.0123. The van der Waals surface area contributed by atoms with Gasteiger partial charge in [-0.05, 0) is 60.7 Å². The van der Waals surface area contributed by atoms with Crippen LogP contribution in [0.15, 0.2) is 67.0 Å². The van der Waals surface area contributed by atoms with Crippen molar-refractivity contribution in [2.75, 3.05) is 19.6 Å². The predicted molar refractivity (Wildman–Crippen MR) is 154 cm³/mol. The summed E-state index contributed by atoms with van der Waals surface area (Å²) in [4.78, 5) is 21.3. The molecule has 1 aliphatic rings. The van der Waals surface area contributed by atoms with Crippen molar-refractivity contribution >= 4 is 5.91 Å². The molecule has 2 heterocycles. The quantitative estimate of drug-likeness (QED) is 0.288. The van der Waals surface area contributed by atoms with Gasteiger partial charge in [0.15, 0.2) is 0 Å². The molecule has 1 saturated heterocycles. The topological polar surface area (TPSA) is 68.7 Å². The Morgan fingerprint density at radius 3 is 2.14 bits per heavy atom. The Kier molecular flexibility index (Phi) is 10.1. The summed E-state index contributed by atoms with van der Waals surface area (Å²) in [5.41, 5.74) is -2.30. The summed E-state index contributed by atoms with van der Waals surface area (Å²) in [6, 6.07) is 13.2. The number of carbonyl (C=O) groups is 1. The van der Waals surface area contributed by atoms with E-state index in [1.54, 1.807) is 18.5 Å². The average molecular weight is 623 g/mol. The van der Waals surface area contributed by atoms with Crippen LogP contribution in [0.5, 0.6) is 0 Å². The Bertz CT molecular complexity index is 1400. The number of halogens is 6. The molecule has 0 aliphatic carbocycles. The molecular weight excluding hydrogens is 586 g/mol. The molecule has 2 N–H and O–H groups in total. The fraction of sp³-hybridized carbons (Fsp3) is 0.438. The van der Waals surface area contributed by atoms with Crippen molar-refractivity contribution in [3.05, 3.63) is 89.2 Å². The van der Waals surface area contributed by atoms with Crippen molar-refractivity contribution in [1.82, 2.24) is 20.1 Å². The van der Waals surface area contributed by atoms with Crippen LogP contribution in [0.4, 0.5) is 26.3 Å². The molecule has 0 unspecified atom stereocenters. The largest absolute Gasteiger partial charge is 0.430 e. The van der Waals surface area contributed by atoms with Crippen LogP contribution in [-0.2, 0) is 23.5 Å². The number of hydrogen-bond acceptors (Lipinski definition) is 5. The molecule has 1 amide bonds. The van der Waals surface area contributed by atoms with Crippen molar-refractivity contribution < 1.29 is 36.2 Å². The number of carbonyl (C=O) groups excluding carboxylic acids is 1. The summed E-state index contributed by atoms with van der Waals surface area (Å²) in [5, 5.41) is 12.7. The molecule has 0 radical (unpaired) electrons. The lowest BCUT2D eigenvalue weighted by molar-refractivity contribution is -0.376. The highest BCUT2D eigenvalue weighted by molar-refractivity contribution is 5.76. The third kappa shape index (κ3) is 7.59. The smallest absolute Gasteiger partial charge is 0.369 e. The number of hydrogen-bond donors (Lipinski definition) is 2. The van der Waals surface area contributed by atoms with E-state index in [-0.39, 0.29) is 18.0 Å². The van der Waals surface area contributed by atoms with Crippen molar-refractivity contribution in [2.24, 2.45) is 0 Å². The molecule has 0 bridgehead atoms. The van der Waals surface area contributed by atoms with E-state index in [1.165, 1.54) is 0 Å². The normalized spacial score (nSPS) is 17.2. The van der Waals surface area contributed by atoms with E-state index in [2.05, 4.69) is 20.1 Å². The van der Waals surface area contributed by atoms with Crippen molar-refractivity contribution in [1.29, 1.82) is 0 Å². The van der Waals surface area contributed by atoms with Gasteiger partial charge in [0.1, 0.15) is 0 Å². The summed E-state index contributed by atoms with van der Waals surface area (Å²) in [6.07, 6.45) is -8.03. The highest BCUT2D eigenvalue weighted by Crippen LogP contribution is 2.50. The van der Waals surface area contributed by atoms with Gasteiger partial charge in [-0.15, -0.1) is 0 Å². The van der Waals surface area contributed by atoms with Gasteiger partial charge in [0.2, 0.25) is 5.91 Å². The SMILES string of the molecule is Cc1cc(CN2CCN(Cc3ccncc3)[C@H](CC(=O)NC(C)C)C2)ccc1-c1ccc(C(O)(C(F)(F)F)C(F)(F)F)cc1. The van der Waals surface area contributed by atoms with E-state index < -0.39 is 23.5 Å². The summed E-state index contributed by atoms with van der Waals surface area (Å²) >= 11 is 0. The zero-order valence-electron chi connectivity index (χ0n) is 24.7. The fourth-order valence-electron chi connectivity index (χ4n) is 5.61. The van der Waals surface area contributed by atoms with Gasteiger partial charge >= 0.3 is 12.4 Å². The molecule has 3 aromatic rings. The summed E-state index contributed by atoms with van der Waals surface area (Å²) in [7, 11) is 0. The molecule has 12 heteroatoms. The zero-order chi connectivity index (χ0) is 32.3. The molecule has 6 nitrogen and oxygen atoms in total. The van der Waals surface area contributed by atoms with Gasteiger partial charge in [0, 0.05) is 69.2 Å². The van der Waals surface area contributed by atoms with E-state index in [9.17, 15) is 36.2 Å². The van der Waals surface area contributed by atoms with Crippen molar-refractivity contribution in [3.8, 4) is 11.1 Å². The zero-order valence-corrected chi connectivity index (χ0v) is 24.7. The highest BCUT2D eigenvalue weighted by atomic mass is 19.4. The number of alkyl halides is 6. The molecule has 1 atom stereocenters. The predicted octanol–water partition coefficient (Wildman–Crippen LogP) is 5.97. The Morgan fingerprint density at radius 1 is 0.932 bits per heavy atom. The lowest BCUT2D eigenvalue weighted by Gasteiger charge is -2.41. The van der Waals surface area contributed by atoms with E-state index in [0.717, 1.165) is 41.9 Å². The molecule has 1 aromatic heterocycles. The number of piperazine rings is 1. The maximum Gasteiger partial charge on any atom is 0.430 e. The van der Waals surface area contributed by atoms with E-state index in [0.29, 0.717) is 49.3 Å². The minimum atomic E-state index is -5.94. The Hall–Kier alpha value is -3.48. The number of rotatable bonds is 9. The second kappa shape index (κ2) is 13.3. The lowest BCUT2D eigenvalue weighted by atomic mass is 9.90. The molecular formula is C32H36F6N4O2. The van der Waals surface area contributed by atoms with E-state index >= 15 is 0 Å². The second-order valence-corrected chi connectivity index (χ2v) is 11.6. The Labute approximate surface area is 252 Å². The number of nitrogens with one attached hydrogen (secondary N) is 1. The monoisotopic (exact) mass is 622 g/mol. The number of amides is 1. The van der Waals surface area contributed by atoms with Crippen LogP contribution in [0.25, 0.3) is 11.1 Å². The summed E-state index contributed by atoms with van der Waals surface area (Å²) < 4.78 is 79.6. The minimum Gasteiger partial charge on any atom is -0.369 e. The van der Waals surface area contributed by atoms with Crippen molar-refractivity contribution in [3.63, 3.8) is 0 Å². The van der Waals surface area contributed by atoms with Crippen molar-refractivity contribution in [2.45, 2.75) is 70.3 Å². The highest BCUT2D eigenvalue weighted by Gasteiger charge is 2.71. The Morgan fingerprint density at radius 2 is 1.57 bits per heavy atom. The van der Waals surface area contributed by atoms with Gasteiger partial charge in [-0.1, -0.05) is 42.5 Å². The van der Waals surface area contributed by atoms with Crippen LogP contribution in [0, 0.1) is 6.92 Å². The van der Waals surface area contributed by atoms with Gasteiger partial charge in [-0.3, -0.25) is 19.6 Å². The maximum atomic E-state index is 13.3. The average Bonchev–Trinajstić information content (AvgIpc) is 2.93. The molecule has 1 aliphatic heterocycles. The lowest BCUT2D eigenvalue weighted by Crippen LogP contribution is -2.53. The Balaban J connectivity index is 1.48. The molecule has 0 spiro atoms. The van der Waals surface area contributed by atoms with Crippen LogP contribution in [-0.4, -0.2) is 69.9 Å². The third-order valence-corrected chi connectivity index (χ3v) is 7.83. The first-order valence-electron chi connectivity index (χ1n) is 14.3. The molecule has 2 aromatic carbocycles. The van der Waals surface area contributed by atoms with E-state index in [1.807, 2.05) is 45.0 Å². The second-order valence-electron chi connectivity index (χ2n) is 11.6. The van der Waals surface area contributed by atoms with Gasteiger partial charge in [-0.25, -0.2) is 0 Å².